The minimum atomic E-state index is -1.73. The first-order valence-electron chi connectivity index (χ1n) is 5.44. The number of carbonyl (C=O) groups excluding carboxylic acids is 1. The van der Waals surface area contributed by atoms with Gasteiger partial charge in [0.2, 0.25) is 0 Å². The first-order valence-corrected chi connectivity index (χ1v) is 5.44. The molecule has 1 fully saturated rings. The van der Waals surface area contributed by atoms with Crippen LogP contribution in [0.5, 0.6) is 0 Å². The number of Topliss-reactive ketones (excluding diaryl/α,β-unsaturated/α-hetero) is 1. The Labute approximate surface area is 96.8 Å². The van der Waals surface area contributed by atoms with Crippen molar-refractivity contribution in [1.82, 2.24) is 0 Å². The molecule has 5 heteroatoms. The number of benzene rings is 1. The van der Waals surface area contributed by atoms with E-state index in [-0.39, 0.29) is 18.4 Å². The van der Waals surface area contributed by atoms with Gasteiger partial charge in [-0.25, -0.2) is 8.78 Å². The molecule has 2 rings (SSSR count). The van der Waals surface area contributed by atoms with Gasteiger partial charge in [0.25, 0.3) is 0 Å². The quantitative estimate of drug-likeness (QED) is 0.744. The molecule has 17 heavy (non-hydrogen) atoms. The molecule has 0 aliphatic heterocycles. The second-order valence-corrected chi connectivity index (χ2v) is 4.18. The van der Waals surface area contributed by atoms with E-state index in [1.807, 2.05) is 0 Å². The lowest BCUT2D eigenvalue weighted by Gasteiger charge is -2.29. The summed E-state index contributed by atoms with van der Waals surface area (Å²) in [4.78, 5) is 22.8. The topological polar surface area (TPSA) is 46.5 Å². The molecule has 0 heterocycles. The van der Waals surface area contributed by atoms with Crippen molar-refractivity contribution >= 4 is 5.78 Å². The van der Waals surface area contributed by atoms with Crippen LogP contribution in [0.3, 0.4) is 0 Å². The largest absolute Gasteiger partial charge is 0.296 e. The molecule has 1 saturated carbocycles. The SMILES string of the molecule is O=NC1(c2cccc(F)c2F)CCCCC1=O. The van der Waals surface area contributed by atoms with Gasteiger partial charge in [-0.05, 0) is 25.3 Å². The molecule has 1 aromatic carbocycles. The Morgan fingerprint density at radius 3 is 2.65 bits per heavy atom. The van der Waals surface area contributed by atoms with Crippen LogP contribution in [0.25, 0.3) is 0 Å². The smallest absolute Gasteiger partial charge is 0.188 e. The van der Waals surface area contributed by atoms with Gasteiger partial charge in [0.1, 0.15) is 0 Å². The Morgan fingerprint density at radius 2 is 2.00 bits per heavy atom. The van der Waals surface area contributed by atoms with E-state index in [4.69, 9.17) is 0 Å². The van der Waals surface area contributed by atoms with Crippen LogP contribution in [0, 0.1) is 16.5 Å². The molecule has 1 aliphatic carbocycles. The minimum absolute atomic E-state index is 0.149. The summed E-state index contributed by atoms with van der Waals surface area (Å²) in [6.45, 7) is 0. The second kappa shape index (κ2) is 4.31. The van der Waals surface area contributed by atoms with Crippen LogP contribution in [-0.4, -0.2) is 5.78 Å². The van der Waals surface area contributed by atoms with Crippen molar-refractivity contribution in [3.63, 3.8) is 0 Å². The van der Waals surface area contributed by atoms with Crippen molar-refractivity contribution in [2.24, 2.45) is 5.18 Å². The monoisotopic (exact) mass is 239 g/mol. The lowest BCUT2D eigenvalue weighted by atomic mass is 9.76. The highest BCUT2D eigenvalue weighted by Gasteiger charge is 2.45. The number of halogens is 2. The van der Waals surface area contributed by atoms with Crippen molar-refractivity contribution in [3.8, 4) is 0 Å². The van der Waals surface area contributed by atoms with Crippen LogP contribution >= 0.6 is 0 Å². The van der Waals surface area contributed by atoms with E-state index in [2.05, 4.69) is 5.18 Å². The number of rotatable bonds is 2. The summed E-state index contributed by atoms with van der Waals surface area (Å²) in [5.41, 5.74) is -1.97. The third kappa shape index (κ3) is 1.75. The molecule has 0 saturated heterocycles. The van der Waals surface area contributed by atoms with E-state index < -0.39 is 23.0 Å². The summed E-state index contributed by atoms with van der Waals surface area (Å²) >= 11 is 0. The molecule has 0 aromatic heterocycles. The number of nitrogens with zero attached hydrogens (tertiary/aromatic N) is 1. The van der Waals surface area contributed by atoms with Gasteiger partial charge >= 0.3 is 0 Å². The molecular weight excluding hydrogens is 228 g/mol. The Hall–Kier alpha value is -1.65. The van der Waals surface area contributed by atoms with Crippen LogP contribution in [0.4, 0.5) is 8.78 Å². The third-order valence-electron chi connectivity index (χ3n) is 3.21. The number of hydrogen-bond acceptors (Lipinski definition) is 3. The molecule has 1 unspecified atom stereocenters. The standard InChI is InChI=1S/C12H11F2NO2/c13-9-5-3-4-8(11(9)14)12(15-17)7-2-1-6-10(12)16/h3-5H,1-2,6-7H2. The maximum atomic E-state index is 13.7. The van der Waals surface area contributed by atoms with Crippen LogP contribution in [-0.2, 0) is 10.3 Å². The summed E-state index contributed by atoms with van der Waals surface area (Å²) in [5, 5.41) is 2.83. The van der Waals surface area contributed by atoms with E-state index in [0.29, 0.717) is 12.8 Å². The molecule has 0 bridgehead atoms. The highest BCUT2D eigenvalue weighted by atomic mass is 19.2. The van der Waals surface area contributed by atoms with Gasteiger partial charge in [0.15, 0.2) is 23.0 Å². The third-order valence-corrected chi connectivity index (χ3v) is 3.21. The zero-order valence-corrected chi connectivity index (χ0v) is 9.08. The van der Waals surface area contributed by atoms with Gasteiger partial charge in [-0.2, -0.15) is 0 Å². The van der Waals surface area contributed by atoms with E-state index in [0.717, 1.165) is 6.07 Å². The minimum Gasteiger partial charge on any atom is -0.296 e. The van der Waals surface area contributed by atoms with Crippen molar-refractivity contribution in [2.45, 2.75) is 31.2 Å². The Balaban J connectivity index is 2.58. The number of nitroso groups, excluding NO2 is 1. The first kappa shape index (κ1) is 11.8. The summed E-state index contributed by atoms with van der Waals surface area (Å²) in [7, 11) is 0. The highest BCUT2D eigenvalue weighted by molar-refractivity contribution is 5.90. The Kier molecular flexibility index (Phi) is 3.00. The van der Waals surface area contributed by atoms with Gasteiger partial charge < -0.3 is 0 Å². The second-order valence-electron chi connectivity index (χ2n) is 4.18. The molecule has 1 aromatic rings. The van der Waals surface area contributed by atoms with E-state index in [1.54, 1.807) is 0 Å². The number of hydrogen-bond donors (Lipinski definition) is 0. The summed E-state index contributed by atoms with van der Waals surface area (Å²) < 4.78 is 26.8. The molecule has 0 spiro atoms. The zero-order chi connectivity index (χ0) is 12.5. The van der Waals surface area contributed by atoms with Crippen molar-refractivity contribution in [2.75, 3.05) is 0 Å². The zero-order valence-electron chi connectivity index (χ0n) is 9.08. The van der Waals surface area contributed by atoms with Gasteiger partial charge in [0.05, 0.1) is 0 Å². The maximum absolute atomic E-state index is 13.7. The van der Waals surface area contributed by atoms with Gasteiger partial charge in [-0.3, -0.25) is 4.79 Å². The van der Waals surface area contributed by atoms with Gasteiger partial charge in [-0.1, -0.05) is 17.3 Å². The van der Waals surface area contributed by atoms with Crippen molar-refractivity contribution < 1.29 is 13.6 Å². The fourth-order valence-corrected chi connectivity index (χ4v) is 2.27. The van der Waals surface area contributed by atoms with E-state index in [1.165, 1.54) is 12.1 Å². The van der Waals surface area contributed by atoms with Crippen molar-refractivity contribution in [3.05, 3.63) is 40.3 Å². The molecule has 0 N–H and O–H groups in total. The predicted molar refractivity (Wildman–Crippen MR) is 57.3 cm³/mol. The van der Waals surface area contributed by atoms with E-state index in [9.17, 15) is 18.5 Å². The highest BCUT2D eigenvalue weighted by Crippen LogP contribution is 2.39. The van der Waals surface area contributed by atoms with Crippen molar-refractivity contribution in [1.29, 1.82) is 0 Å². The lowest BCUT2D eigenvalue weighted by molar-refractivity contribution is -0.126. The van der Waals surface area contributed by atoms with Crippen LogP contribution < -0.4 is 0 Å². The fourth-order valence-electron chi connectivity index (χ4n) is 2.27. The van der Waals surface area contributed by atoms with Gasteiger partial charge in [-0.15, -0.1) is 4.91 Å². The summed E-state index contributed by atoms with van der Waals surface area (Å²) in [6.07, 6.45) is 1.60. The van der Waals surface area contributed by atoms with E-state index >= 15 is 0 Å². The normalized spacial score (nSPS) is 24.7. The molecular formula is C12H11F2NO2. The summed E-state index contributed by atoms with van der Waals surface area (Å²) in [5.74, 6) is -2.64. The number of carbonyl (C=O) groups is 1. The first-order chi connectivity index (χ1) is 8.12. The number of ketones is 1. The molecule has 1 aliphatic rings. The molecule has 90 valence electrons. The Morgan fingerprint density at radius 1 is 1.24 bits per heavy atom. The Bertz CT molecular complexity index is 476. The summed E-state index contributed by atoms with van der Waals surface area (Å²) in [6, 6.07) is 3.48. The fraction of sp³-hybridized carbons (Fsp3) is 0.417. The molecule has 3 nitrogen and oxygen atoms in total. The van der Waals surface area contributed by atoms with Crippen LogP contribution in [0.1, 0.15) is 31.2 Å². The van der Waals surface area contributed by atoms with Crippen LogP contribution in [0.15, 0.2) is 23.4 Å². The van der Waals surface area contributed by atoms with Gasteiger partial charge in [0, 0.05) is 12.0 Å². The molecule has 1 atom stereocenters. The molecule has 0 radical (unpaired) electrons. The van der Waals surface area contributed by atoms with Crippen LogP contribution in [0.2, 0.25) is 0 Å². The predicted octanol–water partition coefficient (Wildman–Crippen LogP) is 3.07. The maximum Gasteiger partial charge on any atom is 0.188 e. The lowest BCUT2D eigenvalue weighted by Crippen LogP contribution is -2.37. The average Bonchev–Trinajstić information content (AvgIpc) is 2.34. The molecule has 0 amide bonds. The average molecular weight is 239 g/mol.